The van der Waals surface area contributed by atoms with Crippen LogP contribution in [0, 0.1) is 0 Å². The second kappa shape index (κ2) is 7.31. The first-order chi connectivity index (χ1) is 14.5. The van der Waals surface area contributed by atoms with Gasteiger partial charge in [-0.3, -0.25) is 0 Å². The SMILES string of the molecule is CCS(=O)(=O)c1ccc(-n2ccc(Cl)n2)nc1-c1nc2cc(C(F)(F)F)ncc2n1C. The van der Waals surface area contributed by atoms with E-state index in [2.05, 4.69) is 20.1 Å². The number of nitrogens with zero attached hydrogens (tertiary/aromatic N) is 6. The summed E-state index contributed by atoms with van der Waals surface area (Å²) in [6.07, 6.45) is -2.06. The Morgan fingerprint density at radius 2 is 1.90 bits per heavy atom. The molecule has 31 heavy (non-hydrogen) atoms. The minimum Gasteiger partial charge on any atom is -0.324 e. The monoisotopic (exact) mass is 470 g/mol. The van der Waals surface area contributed by atoms with Crippen molar-refractivity contribution in [1.82, 2.24) is 29.3 Å². The molecule has 4 rings (SSSR count). The molecule has 0 aliphatic heterocycles. The molecule has 162 valence electrons. The number of sulfone groups is 1. The average Bonchev–Trinajstić information content (AvgIpc) is 3.30. The van der Waals surface area contributed by atoms with Gasteiger partial charge in [-0.2, -0.15) is 18.3 Å². The summed E-state index contributed by atoms with van der Waals surface area (Å²) in [6.45, 7) is 1.48. The van der Waals surface area contributed by atoms with Crippen LogP contribution in [0.1, 0.15) is 12.6 Å². The Hall–Kier alpha value is -2.99. The lowest BCUT2D eigenvalue weighted by molar-refractivity contribution is -0.141. The van der Waals surface area contributed by atoms with Crippen LogP contribution in [-0.2, 0) is 23.1 Å². The van der Waals surface area contributed by atoms with E-state index in [4.69, 9.17) is 11.6 Å². The van der Waals surface area contributed by atoms with Crippen molar-refractivity contribution in [2.45, 2.75) is 18.0 Å². The Kier molecular flexibility index (Phi) is 5.01. The molecule has 0 saturated heterocycles. The molecule has 0 radical (unpaired) electrons. The molecule has 4 heterocycles. The van der Waals surface area contributed by atoms with E-state index in [1.165, 1.54) is 40.6 Å². The van der Waals surface area contributed by atoms with Crippen LogP contribution >= 0.6 is 11.6 Å². The number of rotatable bonds is 4. The minimum atomic E-state index is -4.64. The van der Waals surface area contributed by atoms with Gasteiger partial charge in [0.15, 0.2) is 26.6 Å². The van der Waals surface area contributed by atoms with E-state index < -0.39 is 21.7 Å². The summed E-state index contributed by atoms with van der Waals surface area (Å²) in [5.74, 6) is 0.139. The zero-order valence-electron chi connectivity index (χ0n) is 16.1. The lowest BCUT2D eigenvalue weighted by Gasteiger charge is -2.11. The third kappa shape index (κ3) is 3.76. The third-order valence-corrected chi connectivity index (χ3v) is 6.58. The third-order valence-electron chi connectivity index (χ3n) is 4.62. The molecule has 4 aromatic heterocycles. The second-order valence-electron chi connectivity index (χ2n) is 6.55. The standard InChI is InChI=1S/C18H14ClF3N6O2S/c1-3-31(29,30)12-4-5-15(28-7-6-14(19)26-28)25-16(12)17-24-10-8-13(18(20,21)22)23-9-11(10)27(17)2/h4-9H,3H2,1-2H3. The lowest BCUT2D eigenvalue weighted by atomic mass is 10.3. The molecule has 0 N–H and O–H groups in total. The van der Waals surface area contributed by atoms with Crippen LogP contribution in [0.3, 0.4) is 0 Å². The number of aromatic nitrogens is 6. The minimum absolute atomic E-state index is 0.00834. The van der Waals surface area contributed by atoms with Crippen molar-refractivity contribution in [3.8, 4) is 17.3 Å². The molecular formula is C18H14ClF3N6O2S. The van der Waals surface area contributed by atoms with Gasteiger partial charge in [-0.15, -0.1) is 0 Å². The summed E-state index contributed by atoms with van der Waals surface area (Å²) in [5, 5.41) is 4.25. The van der Waals surface area contributed by atoms with Gasteiger partial charge in [-0.1, -0.05) is 18.5 Å². The van der Waals surface area contributed by atoms with Crippen molar-refractivity contribution >= 4 is 32.5 Å². The topological polar surface area (TPSA) is 95.6 Å². The van der Waals surface area contributed by atoms with Crippen LogP contribution in [-0.4, -0.2) is 43.5 Å². The van der Waals surface area contributed by atoms with Crippen LogP contribution < -0.4 is 0 Å². The maximum atomic E-state index is 13.0. The summed E-state index contributed by atoms with van der Waals surface area (Å²) in [4.78, 5) is 12.0. The van der Waals surface area contributed by atoms with Crippen molar-refractivity contribution in [3.05, 3.63) is 47.5 Å². The smallest absolute Gasteiger partial charge is 0.324 e. The van der Waals surface area contributed by atoms with Crippen molar-refractivity contribution in [2.24, 2.45) is 7.05 Å². The highest BCUT2D eigenvalue weighted by molar-refractivity contribution is 7.91. The van der Waals surface area contributed by atoms with Crippen LogP contribution in [0.2, 0.25) is 5.15 Å². The number of halogens is 4. The highest BCUT2D eigenvalue weighted by Crippen LogP contribution is 2.32. The molecule has 8 nitrogen and oxygen atoms in total. The fourth-order valence-corrected chi connectivity index (χ4v) is 4.17. The van der Waals surface area contributed by atoms with Gasteiger partial charge in [0.05, 0.1) is 27.9 Å². The zero-order chi connectivity index (χ0) is 22.6. The van der Waals surface area contributed by atoms with E-state index in [0.717, 1.165) is 12.3 Å². The maximum Gasteiger partial charge on any atom is 0.433 e. The Morgan fingerprint density at radius 3 is 2.52 bits per heavy atom. The van der Waals surface area contributed by atoms with Crippen molar-refractivity contribution in [3.63, 3.8) is 0 Å². The van der Waals surface area contributed by atoms with Gasteiger partial charge in [-0.25, -0.2) is 28.1 Å². The zero-order valence-corrected chi connectivity index (χ0v) is 17.7. The Bertz CT molecular complexity index is 1410. The lowest BCUT2D eigenvalue weighted by Crippen LogP contribution is -2.10. The van der Waals surface area contributed by atoms with Gasteiger partial charge in [0, 0.05) is 13.2 Å². The summed E-state index contributed by atoms with van der Waals surface area (Å²) < 4.78 is 67.3. The van der Waals surface area contributed by atoms with Gasteiger partial charge in [0.2, 0.25) is 0 Å². The molecule has 13 heteroatoms. The summed E-state index contributed by atoms with van der Waals surface area (Å²) >= 11 is 5.85. The molecule has 0 aliphatic carbocycles. The molecular weight excluding hydrogens is 457 g/mol. The predicted molar refractivity (Wildman–Crippen MR) is 107 cm³/mol. The van der Waals surface area contributed by atoms with Crippen molar-refractivity contribution in [1.29, 1.82) is 0 Å². The average molecular weight is 471 g/mol. The maximum absolute atomic E-state index is 13.0. The first kappa shape index (κ1) is 21.2. The molecule has 4 aromatic rings. The van der Waals surface area contributed by atoms with Crippen molar-refractivity contribution < 1.29 is 21.6 Å². The highest BCUT2D eigenvalue weighted by Gasteiger charge is 2.33. The summed E-state index contributed by atoms with van der Waals surface area (Å²) in [7, 11) is -2.18. The van der Waals surface area contributed by atoms with Crippen LogP contribution in [0.5, 0.6) is 0 Å². The van der Waals surface area contributed by atoms with Crippen LogP contribution in [0.25, 0.3) is 28.4 Å². The van der Waals surface area contributed by atoms with Gasteiger partial charge >= 0.3 is 6.18 Å². The van der Waals surface area contributed by atoms with E-state index in [1.807, 2.05) is 0 Å². The Balaban J connectivity index is 1.99. The number of imidazole rings is 1. The molecule has 0 spiro atoms. The van der Waals surface area contributed by atoms with E-state index in [-0.39, 0.29) is 44.2 Å². The molecule has 0 unspecified atom stereocenters. The first-order valence-corrected chi connectivity index (χ1v) is 10.9. The van der Waals surface area contributed by atoms with Crippen molar-refractivity contribution in [2.75, 3.05) is 5.75 Å². The fourth-order valence-electron chi connectivity index (χ4n) is 3.02. The number of alkyl halides is 3. The molecule has 0 saturated carbocycles. The molecule has 0 atom stereocenters. The quantitative estimate of drug-likeness (QED) is 0.451. The number of pyridine rings is 2. The number of fused-ring (bicyclic) bond motifs is 1. The van der Waals surface area contributed by atoms with Crippen LogP contribution in [0.15, 0.2) is 41.6 Å². The van der Waals surface area contributed by atoms with Gasteiger partial charge < -0.3 is 4.57 Å². The van der Waals surface area contributed by atoms with E-state index in [9.17, 15) is 21.6 Å². The first-order valence-electron chi connectivity index (χ1n) is 8.86. The summed E-state index contributed by atoms with van der Waals surface area (Å²) in [6, 6.07) is 5.16. The Labute approximate surface area is 179 Å². The predicted octanol–water partition coefficient (Wildman–Crippen LogP) is 3.68. The number of aryl methyl sites for hydroxylation is 1. The van der Waals surface area contributed by atoms with Gasteiger partial charge in [-0.05, 0) is 24.3 Å². The molecule has 0 aromatic carbocycles. The molecule has 0 bridgehead atoms. The number of hydrogen-bond donors (Lipinski definition) is 0. The molecule has 0 amide bonds. The highest BCUT2D eigenvalue weighted by atomic mass is 35.5. The van der Waals surface area contributed by atoms with E-state index >= 15 is 0 Å². The van der Waals surface area contributed by atoms with E-state index in [1.54, 1.807) is 7.05 Å². The number of hydrogen-bond acceptors (Lipinski definition) is 6. The largest absolute Gasteiger partial charge is 0.433 e. The Morgan fingerprint density at radius 1 is 1.16 bits per heavy atom. The van der Waals surface area contributed by atoms with Gasteiger partial charge in [0.1, 0.15) is 11.4 Å². The second-order valence-corrected chi connectivity index (χ2v) is 9.19. The molecule has 0 fully saturated rings. The van der Waals surface area contributed by atoms with E-state index in [0.29, 0.717) is 0 Å². The van der Waals surface area contributed by atoms with Crippen LogP contribution in [0.4, 0.5) is 13.2 Å². The van der Waals surface area contributed by atoms with Gasteiger partial charge in [0.25, 0.3) is 0 Å². The molecule has 0 aliphatic rings. The summed E-state index contributed by atoms with van der Waals surface area (Å²) in [5.41, 5.74) is -0.816. The normalized spacial score (nSPS) is 12.6. The fraction of sp³-hybridized carbons (Fsp3) is 0.222.